The minimum Gasteiger partial charge on any atom is -0.0654 e. The largest absolute Gasteiger partial charge is 0.0654 e. The summed E-state index contributed by atoms with van der Waals surface area (Å²) in [6, 6.07) is 0. The highest BCUT2D eigenvalue weighted by atomic mass is 14.2. The Kier molecular flexibility index (Phi) is 12.5. The van der Waals surface area contributed by atoms with E-state index < -0.39 is 0 Å². The molecule has 104 valence electrons. The molecule has 0 aromatic carbocycles. The van der Waals surface area contributed by atoms with Gasteiger partial charge in [0.05, 0.1) is 0 Å². The van der Waals surface area contributed by atoms with E-state index in [0.717, 1.165) is 11.8 Å². The molecule has 0 nitrogen and oxygen atoms in total. The molecule has 0 spiro atoms. The minimum absolute atomic E-state index is 1.00. The van der Waals surface area contributed by atoms with Crippen LogP contribution >= 0.6 is 0 Å². The van der Waals surface area contributed by atoms with Crippen molar-refractivity contribution in [3.8, 4) is 0 Å². The average Bonchev–Trinajstić information content (AvgIpc) is 2.36. The Labute approximate surface area is 111 Å². The van der Waals surface area contributed by atoms with Crippen LogP contribution in [0, 0.1) is 11.8 Å². The van der Waals surface area contributed by atoms with Crippen LogP contribution in [-0.4, -0.2) is 0 Å². The van der Waals surface area contributed by atoms with E-state index in [0.29, 0.717) is 0 Å². The maximum atomic E-state index is 2.38. The van der Waals surface area contributed by atoms with Crippen LogP contribution < -0.4 is 0 Å². The lowest BCUT2D eigenvalue weighted by Gasteiger charge is -2.21. The Bertz CT molecular complexity index is 139. The van der Waals surface area contributed by atoms with Crippen molar-refractivity contribution in [1.82, 2.24) is 0 Å². The van der Waals surface area contributed by atoms with E-state index in [1.54, 1.807) is 0 Å². The fourth-order valence-corrected chi connectivity index (χ4v) is 2.89. The number of unbranched alkanes of at least 4 members (excludes halogenated alkanes) is 4. The zero-order chi connectivity index (χ0) is 12.9. The lowest BCUT2D eigenvalue weighted by molar-refractivity contribution is 0.312. The summed E-state index contributed by atoms with van der Waals surface area (Å²) >= 11 is 0. The molecule has 0 heteroatoms. The van der Waals surface area contributed by atoms with Crippen molar-refractivity contribution in [2.75, 3.05) is 0 Å². The molecule has 0 aromatic heterocycles. The molecule has 0 aliphatic rings. The Morgan fingerprint density at radius 1 is 0.588 bits per heavy atom. The van der Waals surface area contributed by atoms with Gasteiger partial charge in [-0.05, 0) is 18.3 Å². The molecule has 0 amide bonds. The van der Waals surface area contributed by atoms with Crippen LogP contribution in [0.15, 0.2) is 0 Å². The molecular weight excluding hydrogens is 204 g/mol. The zero-order valence-electron chi connectivity index (χ0n) is 12.9. The first-order valence-electron chi connectivity index (χ1n) is 8.28. The quantitative estimate of drug-likeness (QED) is 0.338. The molecule has 0 rings (SSSR count). The third kappa shape index (κ3) is 9.68. The van der Waals surface area contributed by atoms with E-state index in [1.165, 1.54) is 70.6 Å². The van der Waals surface area contributed by atoms with Gasteiger partial charge in [-0.1, -0.05) is 91.9 Å². The molecule has 0 saturated carbocycles. The van der Waals surface area contributed by atoms with E-state index >= 15 is 0 Å². The fourth-order valence-electron chi connectivity index (χ4n) is 2.89. The molecule has 0 radical (unpaired) electrons. The van der Waals surface area contributed by atoms with Gasteiger partial charge in [-0.3, -0.25) is 0 Å². The smallest absolute Gasteiger partial charge is 0.0414 e. The van der Waals surface area contributed by atoms with Crippen molar-refractivity contribution in [1.29, 1.82) is 0 Å². The van der Waals surface area contributed by atoms with Gasteiger partial charge >= 0.3 is 0 Å². The molecule has 0 aromatic rings. The molecule has 2 unspecified atom stereocenters. The third-order valence-electron chi connectivity index (χ3n) is 4.23. The van der Waals surface area contributed by atoms with Crippen LogP contribution in [-0.2, 0) is 0 Å². The molecule has 0 N–H and O–H groups in total. The molecular formula is C17H36. The standard InChI is InChI=1S/C17H36/c1-5-9-10-11-12-14-17(8-4)15-16(7-3)13-6-2/h16-17H,5-15H2,1-4H3. The van der Waals surface area contributed by atoms with Crippen LogP contribution in [0.5, 0.6) is 0 Å². The third-order valence-corrected chi connectivity index (χ3v) is 4.23. The zero-order valence-corrected chi connectivity index (χ0v) is 12.9. The summed E-state index contributed by atoms with van der Waals surface area (Å²) in [7, 11) is 0. The summed E-state index contributed by atoms with van der Waals surface area (Å²) in [5.41, 5.74) is 0. The predicted molar refractivity (Wildman–Crippen MR) is 80.5 cm³/mol. The van der Waals surface area contributed by atoms with Crippen molar-refractivity contribution >= 4 is 0 Å². The summed E-state index contributed by atoms with van der Waals surface area (Å²) in [5.74, 6) is 2.01. The number of hydrogen-bond acceptors (Lipinski definition) is 0. The van der Waals surface area contributed by atoms with Crippen molar-refractivity contribution in [3.63, 3.8) is 0 Å². The van der Waals surface area contributed by atoms with Gasteiger partial charge in [0, 0.05) is 0 Å². The molecule has 17 heavy (non-hydrogen) atoms. The van der Waals surface area contributed by atoms with Crippen LogP contribution in [0.25, 0.3) is 0 Å². The molecule has 0 aliphatic heterocycles. The normalized spacial score (nSPS) is 14.8. The molecule has 0 heterocycles. The highest BCUT2D eigenvalue weighted by Gasteiger charge is 2.12. The van der Waals surface area contributed by atoms with Gasteiger partial charge in [0.15, 0.2) is 0 Å². The topological polar surface area (TPSA) is 0 Å². The first-order chi connectivity index (χ1) is 8.28. The van der Waals surface area contributed by atoms with E-state index in [1.807, 2.05) is 0 Å². The molecule has 0 bridgehead atoms. The molecule has 0 fully saturated rings. The Balaban J connectivity index is 3.66. The average molecular weight is 240 g/mol. The number of hydrogen-bond donors (Lipinski definition) is 0. The Morgan fingerprint density at radius 3 is 1.71 bits per heavy atom. The first kappa shape index (κ1) is 17.0. The van der Waals surface area contributed by atoms with E-state index in [-0.39, 0.29) is 0 Å². The number of rotatable bonds is 12. The Hall–Kier alpha value is 0. The molecule has 2 atom stereocenters. The monoisotopic (exact) mass is 240 g/mol. The van der Waals surface area contributed by atoms with Gasteiger partial charge in [-0.15, -0.1) is 0 Å². The maximum absolute atomic E-state index is 2.38. The second-order valence-electron chi connectivity index (χ2n) is 5.78. The summed E-state index contributed by atoms with van der Waals surface area (Å²) in [6.07, 6.45) is 15.8. The van der Waals surface area contributed by atoms with E-state index in [9.17, 15) is 0 Å². The van der Waals surface area contributed by atoms with Crippen LogP contribution in [0.3, 0.4) is 0 Å². The molecule has 0 saturated heterocycles. The predicted octanol–water partition coefficient (Wildman–Crippen LogP) is 6.59. The van der Waals surface area contributed by atoms with E-state index in [4.69, 9.17) is 0 Å². The second kappa shape index (κ2) is 12.5. The van der Waals surface area contributed by atoms with Crippen molar-refractivity contribution in [2.45, 2.75) is 98.3 Å². The van der Waals surface area contributed by atoms with Crippen molar-refractivity contribution in [2.24, 2.45) is 11.8 Å². The van der Waals surface area contributed by atoms with Gasteiger partial charge in [-0.2, -0.15) is 0 Å². The SMILES string of the molecule is CCCCCCCC(CC)CC(CC)CCC. The summed E-state index contributed by atoms with van der Waals surface area (Å²) in [6.45, 7) is 9.38. The van der Waals surface area contributed by atoms with Gasteiger partial charge < -0.3 is 0 Å². The van der Waals surface area contributed by atoms with Gasteiger partial charge in [-0.25, -0.2) is 0 Å². The van der Waals surface area contributed by atoms with E-state index in [2.05, 4.69) is 27.7 Å². The van der Waals surface area contributed by atoms with Gasteiger partial charge in [0.1, 0.15) is 0 Å². The Morgan fingerprint density at radius 2 is 1.18 bits per heavy atom. The summed E-state index contributed by atoms with van der Waals surface area (Å²) in [5, 5.41) is 0. The van der Waals surface area contributed by atoms with Gasteiger partial charge in [0.2, 0.25) is 0 Å². The molecule has 0 aliphatic carbocycles. The van der Waals surface area contributed by atoms with Crippen LogP contribution in [0.2, 0.25) is 0 Å². The van der Waals surface area contributed by atoms with Crippen molar-refractivity contribution in [3.05, 3.63) is 0 Å². The highest BCUT2D eigenvalue weighted by Crippen LogP contribution is 2.26. The lowest BCUT2D eigenvalue weighted by Crippen LogP contribution is -2.08. The second-order valence-corrected chi connectivity index (χ2v) is 5.78. The fraction of sp³-hybridized carbons (Fsp3) is 1.00. The van der Waals surface area contributed by atoms with Crippen molar-refractivity contribution < 1.29 is 0 Å². The summed E-state index contributed by atoms with van der Waals surface area (Å²) in [4.78, 5) is 0. The lowest BCUT2D eigenvalue weighted by atomic mass is 9.85. The minimum atomic E-state index is 1.00. The first-order valence-corrected chi connectivity index (χ1v) is 8.28. The van der Waals surface area contributed by atoms with Gasteiger partial charge in [0.25, 0.3) is 0 Å². The highest BCUT2D eigenvalue weighted by molar-refractivity contribution is 4.65. The maximum Gasteiger partial charge on any atom is -0.0414 e. The van der Waals surface area contributed by atoms with Crippen LogP contribution in [0.1, 0.15) is 98.3 Å². The van der Waals surface area contributed by atoms with Crippen LogP contribution in [0.4, 0.5) is 0 Å². The summed E-state index contributed by atoms with van der Waals surface area (Å²) < 4.78 is 0.